The summed E-state index contributed by atoms with van der Waals surface area (Å²) in [5.74, 6) is 2.49. The second-order valence-corrected chi connectivity index (χ2v) is 8.49. The fourth-order valence-corrected chi connectivity index (χ4v) is 4.68. The van der Waals surface area contributed by atoms with E-state index in [0.29, 0.717) is 18.3 Å². The van der Waals surface area contributed by atoms with Crippen molar-refractivity contribution in [3.8, 4) is 0 Å². The molecule has 0 spiro atoms. The van der Waals surface area contributed by atoms with Gasteiger partial charge in [0.25, 0.3) is 0 Å². The van der Waals surface area contributed by atoms with Gasteiger partial charge in [-0.05, 0) is 43.2 Å². The van der Waals surface area contributed by atoms with Gasteiger partial charge in [0.1, 0.15) is 0 Å². The second kappa shape index (κ2) is 8.60. The summed E-state index contributed by atoms with van der Waals surface area (Å²) >= 11 is 0. The van der Waals surface area contributed by atoms with Crippen LogP contribution in [0.5, 0.6) is 0 Å². The predicted octanol–water partition coefficient (Wildman–Crippen LogP) is 3.47. The van der Waals surface area contributed by atoms with Gasteiger partial charge >= 0.3 is 0 Å². The zero-order valence-corrected chi connectivity index (χ0v) is 17.2. The van der Waals surface area contributed by atoms with Crippen molar-refractivity contribution in [1.29, 1.82) is 0 Å². The Morgan fingerprint density at radius 1 is 1.20 bits per heavy atom. The lowest BCUT2D eigenvalue weighted by Crippen LogP contribution is -2.29. The van der Waals surface area contributed by atoms with Crippen molar-refractivity contribution in [2.45, 2.75) is 44.4 Å². The molecule has 0 bridgehead atoms. The number of H-pyrrole nitrogens is 1. The van der Waals surface area contributed by atoms with Crippen LogP contribution >= 0.6 is 0 Å². The number of carbonyl (C=O) groups is 1. The van der Waals surface area contributed by atoms with Gasteiger partial charge in [-0.1, -0.05) is 23.4 Å². The number of carbonyl (C=O) groups excluding carboxylic acids is 1. The number of para-hydroxylation sites is 1. The summed E-state index contributed by atoms with van der Waals surface area (Å²) in [4.78, 5) is 22.7. The van der Waals surface area contributed by atoms with Gasteiger partial charge in [0.15, 0.2) is 5.82 Å². The predicted molar refractivity (Wildman–Crippen MR) is 112 cm³/mol. The Kier molecular flexibility index (Phi) is 5.53. The van der Waals surface area contributed by atoms with Crippen LogP contribution < -0.4 is 0 Å². The summed E-state index contributed by atoms with van der Waals surface area (Å²) in [5.41, 5.74) is 2.34. The van der Waals surface area contributed by atoms with Crippen molar-refractivity contribution in [3.63, 3.8) is 0 Å². The zero-order valence-electron chi connectivity index (χ0n) is 17.2. The molecule has 7 nitrogen and oxygen atoms in total. The molecule has 1 atom stereocenters. The van der Waals surface area contributed by atoms with Crippen LogP contribution in [-0.4, -0.2) is 52.2 Å². The summed E-state index contributed by atoms with van der Waals surface area (Å²) in [5, 5.41) is 5.40. The van der Waals surface area contributed by atoms with E-state index in [-0.39, 0.29) is 5.91 Å². The van der Waals surface area contributed by atoms with Gasteiger partial charge in [-0.15, -0.1) is 0 Å². The standard InChI is InChI=1S/C23H28N4O3/c28-22(6-5-18-14-24-20-4-2-1-3-19(18)20)27-10-7-16(15-27)13-21-25-23(30-26-21)17-8-11-29-12-9-17/h1-4,14,16-17,24H,5-13,15H2. The molecule has 0 radical (unpaired) electrons. The monoisotopic (exact) mass is 408 g/mol. The van der Waals surface area contributed by atoms with E-state index in [0.717, 1.165) is 75.6 Å². The lowest BCUT2D eigenvalue weighted by atomic mass is 10.0. The first-order valence-electron chi connectivity index (χ1n) is 11.0. The van der Waals surface area contributed by atoms with Crippen LogP contribution in [-0.2, 0) is 22.4 Å². The molecule has 7 heteroatoms. The molecular formula is C23H28N4O3. The Balaban J connectivity index is 1.12. The maximum absolute atomic E-state index is 12.7. The highest BCUT2D eigenvalue weighted by Gasteiger charge is 2.28. The van der Waals surface area contributed by atoms with Crippen LogP contribution in [0.25, 0.3) is 10.9 Å². The third-order valence-electron chi connectivity index (χ3n) is 6.45. The molecule has 5 rings (SSSR count). The van der Waals surface area contributed by atoms with E-state index in [9.17, 15) is 4.79 Å². The molecule has 2 saturated heterocycles. The number of nitrogens with zero attached hydrogens (tertiary/aromatic N) is 3. The molecule has 2 aromatic heterocycles. The summed E-state index contributed by atoms with van der Waals surface area (Å²) in [6.07, 6.45) is 7.01. The molecule has 1 amide bonds. The Bertz CT molecular complexity index is 1000. The van der Waals surface area contributed by atoms with Gasteiger partial charge in [-0.3, -0.25) is 4.79 Å². The number of ether oxygens (including phenoxy) is 1. The number of likely N-dealkylation sites (tertiary alicyclic amines) is 1. The maximum Gasteiger partial charge on any atom is 0.229 e. The van der Waals surface area contributed by atoms with Crippen molar-refractivity contribution < 1.29 is 14.1 Å². The van der Waals surface area contributed by atoms with Crippen LogP contribution in [0.2, 0.25) is 0 Å². The normalized spacial score (nSPS) is 20.3. The van der Waals surface area contributed by atoms with Crippen molar-refractivity contribution >= 4 is 16.8 Å². The van der Waals surface area contributed by atoms with E-state index in [1.165, 1.54) is 10.9 Å². The SMILES string of the molecule is O=C(CCc1c[nH]c2ccccc12)N1CCC(Cc2noc(C3CCOCC3)n2)C1. The number of hydrogen-bond acceptors (Lipinski definition) is 5. The smallest absolute Gasteiger partial charge is 0.229 e. The highest BCUT2D eigenvalue weighted by molar-refractivity contribution is 5.84. The van der Waals surface area contributed by atoms with Crippen LogP contribution in [0.1, 0.15) is 48.9 Å². The number of amides is 1. The Morgan fingerprint density at radius 3 is 2.97 bits per heavy atom. The molecule has 0 saturated carbocycles. The number of aromatic nitrogens is 3. The molecule has 158 valence electrons. The molecule has 2 fully saturated rings. The first-order valence-corrected chi connectivity index (χ1v) is 11.0. The quantitative estimate of drug-likeness (QED) is 0.675. The fourth-order valence-electron chi connectivity index (χ4n) is 4.68. The molecule has 1 aromatic carbocycles. The maximum atomic E-state index is 12.7. The van der Waals surface area contributed by atoms with Crippen molar-refractivity contribution in [2.75, 3.05) is 26.3 Å². The number of hydrogen-bond donors (Lipinski definition) is 1. The fraction of sp³-hybridized carbons (Fsp3) is 0.522. The number of rotatable bonds is 6. The molecule has 30 heavy (non-hydrogen) atoms. The Morgan fingerprint density at radius 2 is 2.07 bits per heavy atom. The molecular weight excluding hydrogens is 380 g/mol. The zero-order chi connectivity index (χ0) is 20.3. The largest absolute Gasteiger partial charge is 0.381 e. The molecule has 2 aliphatic heterocycles. The average Bonchev–Trinajstić information content (AvgIpc) is 3.53. The van der Waals surface area contributed by atoms with Crippen LogP contribution in [0.15, 0.2) is 35.0 Å². The minimum atomic E-state index is 0.235. The van der Waals surface area contributed by atoms with Gasteiger partial charge in [0.2, 0.25) is 11.8 Å². The molecule has 3 aromatic rings. The second-order valence-electron chi connectivity index (χ2n) is 8.49. The molecule has 1 unspecified atom stereocenters. The lowest BCUT2D eigenvalue weighted by molar-refractivity contribution is -0.130. The van der Waals surface area contributed by atoms with Gasteiger partial charge in [0.05, 0.1) is 0 Å². The number of fused-ring (bicyclic) bond motifs is 1. The lowest BCUT2D eigenvalue weighted by Gasteiger charge is -2.18. The number of benzene rings is 1. The van der Waals surface area contributed by atoms with E-state index < -0.39 is 0 Å². The minimum absolute atomic E-state index is 0.235. The molecule has 2 aliphatic rings. The van der Waals surface area contributed by atoms with E-state index >= 15 is 0 Å². The summed E-state index contributed by atoms with van der Waals surface area (Å²) in [6.45, 7) is 3.14. The first kappa shape index (κ1) is 19.3. The molecule has 0 aliphatic carbocycles. The number of nitrogens with one attached hydrogen (secondary N) is 1. The third kappa shape index (κ3) is 4.12. The number of aryl methyl sites for hydroxylation is 1. The number of aromatic amines is 1. The molecule has 4 heterocycles. The van der Waals surface area contributed by atoms with E-state index in [1.807, 2.05) is 23.2 Å². The highest BCUT2D eigenvalue weighted by atomic mass is 16.5. The molecule has 1 N–H and O–H groups in total. The summed E-state index contributed by atoms with van der Waals surface area (Å²) in [7, 11) is 0. The van der Waals surface area contributed by atoms with Crippen molar-refractivity contribution in [1.82, 2.24) is 20.0 Å². The van der Waals surface area contributed by atoms with Crippen molar-refractivity contribution in [3.05, 3.63) is 47.7 Å². The third-order valence-corrected chi connectivity index (χ3v) is 6.45. The van der Waals surface area contributed by atoms with Gasteiger partial charge in [-0.2, -0.15) is 4.98 Å². The van der Waals surface area contributed by atoms with E-state index in [2.05, 4.69) is 27.3 Å². The van der Waals surface area contributed by atoms with Crippen LogP contribution in [0.4, 0.5) is 0 Å². The van der Waals surface area contributed by atoms with Crippen LogP contribution in [0.3, 0.4) is 0 Å². The summed E-state index contributed by atoms with van der Waals surface area (Å²) < 4.78 is 10.9. The van der Waals surface area contributed by atoms with E-state index in [1.54, 1.807) is 0 Å². The Hall–Kier alpha value is -2.67. The Labute approximate surface area is 175 Å². The average molecular weight is 409 g/mol. The minimum Gasteiger partial charge on any atom is -0.381 e. The highest BCUT2D eigenvalue weighted by Crippen LogP contribution is 2.27. The van der Waals surface area contributed by atoms with Gasteiger partial charge < -0.3 is 19.1 Å². The van der Waals surface area contributed by atoms with Gasteiger partial charge in [-0.25, -0.2) is 0 Å². The van der Waals surface area contributed by atoms with Crippen LogP contribution in [0, 0.1) is 5.92 Å². The topological polar surface area (TPSA) is 84.2 Å². The van der Waals surface area contributed by atoms with Crippen molar-refractivity contribution in [2.24, 2.45) is 5.92 Å². The summed E-state index contributed by atoms with van der Waals surface area (Å²) in [6, 6.07) is 8.24. The van der Waals surface area contributed by atoms with E-state index in [4.69, 9.17) is 9.26 Å². The first-order chi connectivity index (χ1) is 14.8. The van der Waals surface area contributed by atoms with Gasteiger partial charge in [0, 0.05) is 62.2 Å².